The van der Waals surface area contributed by atoms with Crippen molar-refractivity contribution in [1.82, 2.24) is 0 Å². The van der Waals surface area contributed by atoms with Gasteiger partial charge in [0.05, 0.1) is 6.61 Å². The molecule has 0 spiro atoms. The molecule has 0 aromatic carbocycles. The monoisotopic (exact) mass is 398 g/mol. The normalized spacial score (nSPS) is 43.6. The Morgan fingerprint density at radius 3 is 2.69 bits per heavy atom. The second-order valence-corrected chi connectivity index (χ2v) is 11.9. The molecule has 1 nitrogen and oxygen atoms in total. The molecule has 0 radical (unpaired) electrons. The van der Waals surface area contributed by atoms with E-state index in [0.717, 1.165) is 41.6 Å². The summed E-state index contributed by atoms with van der Waals surface area (Å²) >= 11 is 0. The molecular weight excluding hydrogens is 352 g/mol. The maximum atomic E-state index is 9.26. The van der Waals surface area contributed by atoms with E-state index >= 15 is 0 Å². The third kappa shape index (κ3) is 3.58. The third-order valence-electron chi connectivity index (χ3n) is 10.5. The lowest BCUT2D eigenvalue weighted by Crippen LogP contribution is -2.45. The first-order chi connectivity index (χ1) is 13.8. The highest BCUT2D eigenvalue weighted by atomic mass is 16.3. The molecule has 2 fully saturated rings. The second kappa shape index (κ2) is 8.18. The zero-order valence-electron chi connectivity index (χ0n) is 19.9. The molecule has 0 bridgehead atoms. The van der Waals surface area contributed by atoms with Crippen LogP contribution in [-0.2, 0) is 0 Å². The molecule has 1 heteroatoms. The number of allylic oxidation sites excluding steroid dienone is 3. The predicted molar refractivity (Wildman–Crippen MR) is 124 cm³/mol. The summed E-state index contributed by atoms with van der Waals surface area (Å²) in [6.45, 7) is 12.7. The Hall–Kier alpha value is -0.560. The van der Waals surface area contributed by atoms with Gasteiger partial charge in [0.15, 0.2) is 0 Å². The Morgan fingerprint density at radius 2 is 1.93 bits per heavy atom. The van der Waals surface area contributed by atoms with Crippen molar-refractivity contribution in [3.63, 3.8) is 0 Å². The summed E-state index contributed by atoms with van der Waals surface area (Å²) in [5.74, 6) is 4.46. The Balaban J connectivity index is 1.53. The van der Waals surface area contributed by atoms with Gasteiger partial charge in [0.25, 0.3) is 0 Å². The van der Waals surface area contributed by atoms with Gasteiger partial charge in [-0.15, -0.1) is 0 Å². The maximum absolute atomic E-state index is 9.26. The molecule has 29 heavy (non-hydrogen) atoms. The summed E-state index contributed by atoms with van der Waals surface area (Å²) in [5, 5.41) is 9.26. The fraction of sp³-hybridized carbons (Fsp3) is 0.857. The van der Waals surface area contributed by atoms with Gasteiger partial charge < -0.3 is 5.11 Å². The van der Waals surface area contributed by atoms with E-state index in [4.69, 9.17) is 0 Å². The van der Waals surface area contributed by atoms with E-state index in [1.807, 2.05) is 11.1 Å². The van der Waals surface area contributed by atoms with Crippen LogP contribution in [0.1, 0.15) is 105 Å². The average Bonchev–Trinajstić information content (AvgIpc) is 3.05. The molecule has 0 amide bonds. The summed E-state index contributed by atoms with van der Waals surface area (Å²) in [5.41, 5.74) is 6.11. The van der Waals surface area contributed by atoms with Crippen LogP contribution in [0.15, 0.2) is 22.8 Å². The first-order valence-corrected chi connectivity index (χ1v) is 12.8. The second-order valence-electron chi connectivity index (χ2n) is 11.9. The maximum Gasteiger partial charge on any atom is 0.0639 e. The van der Waals surface area contributed by atoms with Crippen molar-refractivity contribution in [3.05, 3.63) is 22.8 Å². The topological polar surface area (TPSA) is 20.2 Å². The zero-order chi connectivity index (χ0) is 20.8. The molecule has 164 valence electrons. The molecule has 0 aromatic rings. The van der Waals surface area contributed by atoms with Crippen LogP contribution in [0, 0.1) is 40.4 Å². The van der Waals surface area contributed by atoms with Gasteiger partial charge in [-0.1, -0.05) is 63.3 Å². The highest BCUT2D eigenvalue weighted by Gasteiger charge is 2.55. The molecule has 4 aliphatic carbocycles. The molecule has 1 N–H and O–H groups in total. The smallest absolute Gasteiger partial charge is 0.0639 e. The van der Waals surface area contributed by atoms with E-state index in [1.165, 1.54) is 64.2 Å². The van der Waals surface area contributed by atoms with E-state index in [2.05, 4.69) is 40.7 Å². The molecular formula is C28H46O. The summed E-state index contributed by atoms with van der Waals surface area (Å²) in [4.78, 5) is 0. The molecule has 4 aliphatic rings. The molecule has 0 aliphatic heterocycles. The quantitative estimate of drug-likeness (QED) is 0.470. The minimum absolute atomic E-state index is 0.215. The lowest BCUT2D eigenvalue weighted by atomic mass is 9.49. The van der Waals surface area contributed by atoms with E-state index in [9.17, 15) is 5.11 Å². The van der Waals surface area contributed by atoms with Gasteiger partial charge in [-0.25, -0.2) is 0 Å². The Labute approximate surface area is 180 Å². The van der Waals surface area contributed by atoms with Crippen LogP contribution in [0.4, 0.5) is 0 Å². The molecule has 4 rings (SSSR count). The van der Waals surface area contributed by atoms with Gasteiger partial charge in [-0.05, 0) is 105 Å². The fourth-order valence-electron chi connectivity index (χ4n) is 8.83. The van der Waals surface area contributed by atoms with Crippen molar-refractivity contribution >= 4 is 0 Å². The van der Waals surface area contributed by atoms with Crippen LogP contribution in [-0.4, -0.2) is 11.7 Å². The van der Waals surface area contributed by atoms with Crippen LogP contribution < -0.4 is 0 Å². The van der Waals surface area contributed by atoms with Crippen molar-refractivity contribution in [2.24, 2.45) is 40.4 Å². The van der Waals surface area contributed by atoms with E-state index in [1.54, 1.807) is 0 Å². The van der Waals surface area contributed by atoms with E-state index in [-0.39, 0.29) is 6.61 Å². The molecule has 2 saturated carbocycles. The molecule has 2 unspecified atom stereocenters. The average molecular weight is 399 g/mol. The largest absolute Gasteiger partial charge is 0.392 e. The van der Waals surface area contributed by atoms with Gasteiger partial charge in [0.1, 0.15) is 0 Å². The standard InChI is InChI=1S/C28H46O/c1-19(18-29)8-6-9-20(2)24-13-14-25-22-11-12-23-21(3)10-7-16-27(23,4)26(22)15-17-28(24,25)5/h8,20-21,23-25,29H,6-7,9-18H2,1-5H3/t20-,21?,23?,24-,25+,27+,28-/m1/s1. The van der Waals surface area contributed by atoms with Crippen molar-refractivity contribution in [2.75, 3.05) is 6.61 Å². The van der Waals surface area contributed by atoms with Gasteiger partial charge in [-0.2, -0.15) is 0 Å². The third-order valence-corrected chi connectivity index (χ3v) is 10.5. The summed E-state index contributed by atoms with van der Waals surface area (Å²) in [7, 11) is 0. The highest BCUT2D eigenvalue weighted by Crippen LogP contribution is 2.66. The Kier molecular flexibility index (Phi) is 6.11. The van der Waals surface area contributed by atoms with Crippen LogP contribution >= 0.6 is 0 Å². The van der Waals surface area contributed by atoms with Crippen molar-refractivity contribution in [2.45, 2.75) is 105 Å². The number of aliphatic hydroxyl groups is 1. The summed E-state index contributed by atoms with van der Waals surface area (Å²) < 4.78 is 0. The molecule has 0 saturated heterocycles. The summed E-state index contributed by atoms with van der Waals surface area (Å²) in [6, 6.07) is 0. The van der Waals surface area contributed by atoms with Gasteiger partial charge >= 0.3 is 0 Å². The molecule has 0 heterocycles. The first kappa shape index (κ1) is 21.7. The van der Waals surface area contributed by atoms with E-state index < -0.39 is 0 Å². The molecule has 0 aromatic heterocycles. The van der Waals surface area contributed by atoms with Crippen molar-refractivity contribution < 1.29 is 5.11 Å². The Bertz CT molecular complexity index is 672. The molecule has 7 atom stereocenters. The van der Waals surface area contributed by atoms with Gasteiger partial charge in [-0.3, -0.25) is 0 Å². The van der Waals surface area contributed by atoms with Crippen LogP contribution in [0.5, 0.6) is 0 Å². The number of fused-ring (bicyclic) bond motifs is 4. The minimum atomic E-state index is 0.215. The Morgan fingerprint density at radius 1 is 1.14 bits per heavy atom. The lowest BCUT2D eigenvalue weighted by molar-refractivity contribution is 0.0441. The van der Waals surface area contributed by atoms with Crippen LogP contribution in [0.25, 0.3) is 0 Å². The number of rotatable bonds is 5. The van der Waals surface area contributed by atoms with Crippen LogP contribution in [0.3, 0.4) is 0 Å². The lowest BCUT2D eigenvalue weighted by Gasteiger charge is -2.56. The van der Waals surface area contributed by atoms with Crippen molar-refractivity contribution in [1.29, 1.82) is 0 Å². The van der Waals surface area contributed by atoms with Crippen molar-refractivity contribution in [3.8, 4) is 0 Å². The van der Waals surface area contributed by atoms with Gasteiger partial charge in [0.2, 0.25) is 0 Å². The number of hydrogen-bond donors (Lipinski definition) is 1. The first-order valence-electron chi connectivity index (χ1n) is 12.8. The minimum Gasteiger partial charge on any atom is -0.392 e. The SMILES string of the molecule is CC(=CCC[C@@H](C)[C@H]1CC[C@H]2C3=C(CC[C@]12C)[C@@]1(C)CCCC(C)C1CC3)CO. The van der Waals surface area contributed by atoms with Crippen LogP contribution in [0.2, 0.25) is 0 Å². The fourth-order valence-corrected chi connectivity index (χ4v) is 8.83. The van der Waals surface area contributed by atoms with Gasteiger partial charge in [0, 0.05) is 0 Å². The predicted octanol–water partition coefficient (Wildman–Crippen LogP) is 7.70. The number of aliphatic hydroxyl groups excluding tert-OH is 1. The highest BCUT2D eigenvalue weighted by molar-refractivity contribution is 5.34. The number of hydrogen-bond acceptors (Lipinski definition) is 1. The zero-order valence-corrected chi connectivity index (χ0v) is 19.9. The summed E-state index contributed by atoms with van der Waals surface area (Å²) in [6.07, 6.45) is 17.7. The van der Waals surface area contributed by atoms with E-state index in [0.29, 0.717) is 10.8 Å².